The highest BCUT2D eigenvalue weighted by Crippen LogP contribution is 2.30. The molecule has 0 aliphatic carbocycles. The van der Waals surface area contributed by atoms with Gasteiger partial charge in [0, 0.05) is 6.42 Å². The van der Waals surface area contributed by atoms with E-state index in [0.29, 0.717) is 5.56 Å². The van der Waals surface area contributed by atoms with Gasteiger partial charge in [0.15, 0.2) is 0 Å². The maximum absolute atomic E-state index is 12.6. The second-order valence-electron chi connectivity index (χ2n) is 5.43. The topological polar surface area (TPSA) is 127 Å². The molecular formula is C15H13N3O5. The van der Waals surface area contributed by atoms with Gasteiger partial charge in [-0.1, -0.05) is 12.1 Å². The van der Waals surface area contributed by atoms with Gasteiger partial charge in [-0.25, -0.2) is 0 Å². The van der Waals surface area contributed by atoms with E-state index in [1.165, 1.54) is 6.07 Å². The molecule has 0 aromatic heterocycles. The average molecular weight is 315 g/mol. The summed E-state index contributed by atoms with van der Waals surface area (Å²) < 4.78 is 0. The SMILES string of the molecule is NC(=O)Cc1cccc2c1C(=O)N(C1CCC(=O)NC1=O)C2=O. The van der Waals surface area contributed by atoms with Crippen molar-refractivity contribution >= 4 is 29.5 Å². The van der Waals surface area contributed by atoms with E-state index in [4.69, 9.17) is 5.73 Å². The van der Waals surface area contributed by atoms with Crippen molar-refractivity contribution in [1.29, 1.82) is 0 Å². The third-order valence-electron chi connectivity index (χ3n) is 3.92. The minimum absolute atomic E-state index is 0.0535. The maximum atomic E-state index is 12.6. The lowest BCUT2D eigenvalue weighted by Gasteiger charge is -2.27. The van der Waals surface area contributed by atoms with Crippen molar-refractivity contribution in [2.45, 2.75) is 25.3 Å². The molecule has 118 valence electrons. The predicted octanol–water partition coefficient (Wildman–Crippen LogP) is -0.884. The normalized spacial score (nSPS) is 20.5. The molecule has 3 N–H and O–H groups in total. The van der Waals surface area contributed by atoms with E-state index >= 15 is 0 Å². The van der Waals surface area contributed by atoms with Gasteiger partial charge in [0.25, 0.3) is 11.8 Å². The number of nitrogens with one attached hydrogen (secondary N) is 1. The van der Waals surface area contributed by atoms with Crippen LogP contribution in [0.25, 0.3) is 0 Å². The Balaban J connectivity index is 1.99. The van der Waals surface area contributed by atoms with Gasteiger partial charge in [0.1, 0.15) is 6.04 Å². The van der Waals surface area contributed by atoms with Gasteiger partial charge in [-0.3, -0.25) is 34.2 Å². The van der Waals surface area contributed by atoms with Crippen molar-refractivity contribution in [3.8, 4) is 0 Å². The molecule has 0 bridgehead atoms. The number of amides is 5. The number of carbonyl (C=O) groups is 5. The third-order valence-corrected chi connectivity index (χ3v) is 3.92. The molecular weight excluding hydrogens is 302 g/mol. The van der Waals surface area contributed by atoms with Crippen molar-refractivity contribution in [2.75, 3.05) is 0 Å². The largest absolute Gasteiger partial charge is 0.369 e. The van der Waals surface area contributed by atoms with Crippen LogP contribution in [0.15, 0.2) is 18.2 Å². The van der Waals surface area contributed by atoms with E-state index in [9.17, 15) is 24.0 Å². The summed E-state index contributed by atoms with van der Waals surface area (Å²) in [5.41, 5.74) is 5.75. The number of piperidine rings is 1. The summed E-state index contributed by atoms with van der Waals surface area (Å²) in [6, 6.07) is 3.53. The molecule has 2 heterocycles. The van der Waals surface area contributed by atoms with E-state index in [-0.39, 0.29) is 30.4 Å². The van der Waals surface area contributed by atoms with Crippen LogP contribution in [0.2, 0.25) is 0 Å². The zero-order valence-corrected chi connectivity index (χ0v) is 12.0. The number of imide groups is 2. The Hall–Kier alpha value is -3.03. The molecule has 1 fully saturated rings. The fraction of sp³-hybridized carbons (Fsp3) is 0.267. The lowest BCUT2D eigenvalue weighted by atomic mass is 10.00. The summed E-state index contributed by atoms with van der Waals surface area (Å²) in [5, 5.41) is 2.12. The first-order valence-electron chi connectivity index (χ1n) is 7.02. The van der Waals surface area contributed by atoms with Crippen LogP contribution in [0.5, 0.6) is 0 Å². The van der Waals surface area contributed by atoms with Crippen molar-refractivity contribution < 1.29 is 24.0 Å². The molecule has 1 saturated heterocycles. The highest BCUT2D eigenvalue weighted by atomic mass is 16.2. The molecule has 0 saturated carbocycles. The lowest BCUT2D eigenvalue weighted by Crippen LogP contribution is -2.54. The number of hydrogen-bond donors (Lipinski definition) is 2. The molecule has 1 unspecified atom stereocenters. The van der Waals surface area contributed by atoms with E-state index in [1.54, 1.807) is 12.1 Å². The summed E-state index contributed by atoms with van der Waals surface area (Å²) in [7, 11) is 0. The molecule has 23 heavy (non-hydrogen) atoms. The fourth-order valence-electron chi connectivity index (χ4n) is 2.92. The third kappa shape index (κ3) is 2.37. The van der Waals surface area contributed by atoms with E-state index in [1.807, 2.05) is 0 Å². The summed E-state index contributed by atoms with van der Waals surface area (Å²) in [6.45, 7) is 0. The van der Waals surface area contributed by atoms with Crippen LogP contribution in [-0.4, -0.2) is 40.5 Å². The van der Waals surface area contributed by atoms with Gasteiger partial charge in [0.2, 0.25) is 17.7 Å². The summed E-state index contributed by atoms with van der Waals surface area (Å²) in [5.74, 6) is -2.98. The van der Waals surface area contributed by atoms with Crippen LogP contribution >= 0.6 is 0 Å². The number of nitrogens with two attached hydrogens (primary N) is 1. The number of carbonyl (C=O) groups excluding carboxylic acids is 5. The zero-order valence-electron chi connectivity index (χ0n) is 12.0. The molecule has 2 aliphatic rings. The van der Waals surface area contributed by atoms with E-state index in [2.05, 4.69) is 5.32 Å². The van der Waals surface area contributed by atoms with Crippen LogP contribution < -0.4 is 11.1 Å². The molecule has 0 radical (unpaired) electrons. The number of primary amides is 1. The number of hydrogen-bond acceptors (Lipinski definition) is 5. The van der Waals surface area contributed by atoms with Crippen LogP contribution in [0.4, 0.5) is 0 Å². The summed E-state index contributed by atoms with van der Waals surface area (Å²) in [4.78, 5) is 60.3. The standard InChI is InChI=1S/C15H13N3O5/c16-10(19)6-7-2-1-3-8-12(7)15(23)18(14(8)22)9-4-5-11(20)17-13(9)21/h1-3,9H,4-6H2,(H2,16,19)(H,17,20,21). The zero-order chi connectivity index (χ0) is 16.7. The Morgan fingerprint density at radius 3 is 2.61 bits per heavy atom. The summed E-state index contributed by atoms with van der Waals surface area (Å²) >= 11 is 0. The molecule has 1 aromatic carbocycles. The number of fused-ring (bicyclic) bond motifs is 1. The Bertz CT molecular complexity index is 770. The molecule has 8 heteroatoms. The minimum atomic E-state index is -1.03. The molecule has 1 aromatic rings. The van der Waals surface area contributed by atoms with E-state index in [0.717, 1.165) is 4.90 Å². The number of benzene rings is 1. The summed E-state index contributed by atoms with van der Waals surface area (Å²) in [6.07, 6.45) is -0.0371. The maximum Gasteiger partial charge on any atom is 0.262 e. The highest BCUT2D eigenvalue weighted by Gasteiger charge is 2.45. The smallest absolute Gasteiger partial charge is 0.262 e. The molecule has 2 aliphatic heterocycles. The number of rotatable bonds is 3. The lowest BCUT2D eigenvalue weighted by molar-refractivity contribution is -0.136. The van der Waals surface area contributed by atoms with Crippen LogP contribution in [0.3, 0.4) is 0 Å². The second-order valence-corrected chi connectivity index (χ2v) is 5.43. The van der Waals surface area contributed by atoms with Crippen LogP contribution in [0.1, 0.15) is 39.1 Å². The molecule has 0 spiro atoms. The van der Waals surface area contributed by atoms with Crippen molar-refractivity contribution in [3.63, 3.8) is 0 Å². The first-order valence-corrected chi connectivity index (χ1v) is 7.02. The monoisotopic (exact) mass is 315 g/mol. The Morgan fingerprint density at radius 1 is 1.22 bits per heavy atom. The fourth-order valence-corrected chi connectivity index (χ4v) is 2.92. The van der Waals surface area contributed by atoms with Gasteiger partial charge < -0.3 is 5.73 Å². The molecule has 3 rings (SSSR count). The van der Waals surface area contributed by atoms with Crippen molar-refractivity contribution in [1.82, 2.24) is 10.2 Å². The Labute approximate surface area is 130 Å². The number of nitrogens with zero attached hydrogens (tertiary/aromatic N) is 1. The van der Waals surface area contributed by atoms with Gasteiger partial charge in [0.05, 0.1) is 17.5 Å². The van der Waals surface area contributed by atoms with Crippen LogP contribution in [0, 0.1) is 0 Å². The average Bonchev–Trinajstić information content (AvgIpc) is 2.72. The Kier molecular flexibility index (Phi) is 3.44. The first-order chi connectivity index (χ1) is 10.9. The Morgan fingerprint density at radius 2 is 1.96 bits per heavy atom. The quantitative estimate of drug-likeness (QED) is 0.700. The molecule has 8 nitrogen and oxygen atoms in total. The highest BCUT2D eigenvalue weighted by molar-refractivity contribution is 6.24. The van der Waals surface area contributed by atoms with Crippen LogP contribution in [-0.2, 0) is 20.8 Å². The van der Waals surface area contributed by atoms with Gasteiger partial charge in [-0.05, 0) is 18.1 Å². The second kappa shape index (κ2) is 5.31. The van der Waals surface area contributed by atoms with Gasteiger partial charge >= 0.3 is 0 Å². The van der Waals surface area contributed by atoms with Gasteiger partial charge in [-0.15, -0.1) is 0 Å². The van der Waals surface area contributed by atoms with E-state index < -0.39 is 35.6 Å². The first kappa shape index (κ1) is 14.9. The van der Waals surface area contributed by atoms with Gasteiger partial charge in [-0.2, -0.15) is 0 Å². The molecule has 1 atom stereocenters. The molecule has 5 amide bonds. The predicted molar refractivity (Wildman–Crippen MR) is 76.0 cm³/mol. The van der Waals surface area contributed by atoms with Crippen molar-refractivity contribution in [2.24, 2.45) is 5.73 Å². The van der Waals surface area contributed by atoms with Crippen molar-refractivity contribution in [3.05, 3.63) is 34.9 Å². The minimum Gasteiger partial charge on any atom is -0.369 e.